The molecule has 0 saturated carbocycles. The smallest absolute Gasteiger partial charge is 0.337 e. The number of Topliss-reactive ketones (excluding diaryl/α,β-unsaturated/α-hetero) is 1. The van der Waals surface area contributed by atoms with Crippen molar-refractivity contribution in [1.29, 1.82) is 0 Å². The largest absolute Gasteiger partial charge is 0.507 e. The lowest BCUT2D eigenvalue weighted by atomic mass is 9.95. The standard InChI is InChI=1S/C27H22BrNO7/c1-34-19-6-4-5-16(13-19)23-22(24(30)17-9-12-21(35-2)20(28)14-17)25(31)26(32)29(23)18-10-7-15(8-11-18)27(33)36-3/h4-14,23,30H,1-3H3/b24-22-. The normalized spacial score (nSPS) is 16.7. The van der Waals surface area contributed by atoms with E-state index < -0.39 is 23.7 Å². The molecule has 1 amide bonds. The number of ether oxygens (including phenoxy) is 3. The van der Waals surface area contributed by atoms with Crippen LogP contribution in [0.4, 0.5) is 5.69 Å². The highest BCUT2D eigenvalue weighted by Crippen LogP contribution is 2.43. The third-order valence-electron chi connectivity index (χ3n) is 5.85. The molecule has 1 heterocycles. The van der Waals surface area contributed by atoms with Gasteiger partial charge in [-0.2, -0.15) is 0 Å². The van der Waals surface area contributed by atoms with E-state index in [0.29, 0.717) is 38.3 Å². The molecular weight excluding hydrogens is 530 g/mol. The van der Waals surface area contributed by atoms with Gasteiger partial charge in [-0.15, -0.1) is 0 Å². The van der Waals surface area contributed by atoms with Crippen molar-refractivity contribution in [2.75, 3.05) is 26.2 Å². The van der Waals surface area contributed by atoms with Crippen LogP contribution in [0.15, 0.2) is 76.8 Å². The van der Waals surface area contributed by atoms with E-state index in [-0.39, 0.29) is 11.3 Å². The predicted octanol–water partition coefficient (Wildman–Crippen LogP) is 4.88. The molecule has 1 unspecified atom stereocenters. The van der Waals surface area contributed by atoms with E-state index in [2.05, 4.69) is 15.9 Å². The van der Waals surface area contributed by atoms with Crippen LogP contribution in [0.25, 0.3) is 5.76 Å². The molecule has 9 heteroatoms. The van der Waals surface area contributed by atoms with Gasteiger partial charge in [0.15, 0.2) is 0 Å². The number of esters is 1. The highest BCUT2D eigenvalue weighted by atomic mass is 79.9. The van der Waals surface area contributed by atoms with Crippen molar-refractivity contribution >= 4 is 45.0 Å². The fourth-order valence-corrected chi connectivity index (χ4v) is 4.61. The minimum absolute atomic E-state index is 0.0811. The van der Waals surface area contributed by atoms with Crippen molar-refractivity contribution in [3.05, 3.63) is 93.5 Å². The van der Waals surface area contributed by atoms with Gasteiger partial charge < -0.3 is 19.3 Å². The third-order valence-corrected chi connectivity index (χ3v) is 6.47. The molecule has 1 atom stereocenters. The molecule has 0 radical (unpaired) electrons. The van der Waals surface area contributed by atoms with Crippen LogP contribution in [0.3, 0.4) is 0 Å². The Morgan fingerprint density at radius 1 is 0.917 bits per heavy atom. The Morgan fingerprint density at radius 3 is 2.22 bits per heavy atom. The molecular formula is C27H22BrNO7. The molecule has 8 nitrogen and oxygen atoms in total. The first-order valence-electron chi connectivity index (χ1n) is 10.8. The van der Waals surface area contributed by atoms with Gasteiger partial charge in [-0.3, -0.25) is 14.5 Å². The first kappa shape index (κ1) is 25.0. The fourth-order valence-electron chi connectivity index (χ4n) is 4.07. The molecule has 0 bridgehead atoms. The summed E-state index contributed by atoms with van der Waals surface area (Å²) in [7, 11) is 4.30. The first-order chi connectivity index (χ1) is 17.3. The number of aliphatic hydroxyl groups excluding tert-OH is 1. The summed E-state index contributed by atoms with van der Waals surface area (Å²) in [6.45, 7) is 0. The second kappa shape index (κ2) is 10.2. The van der Waals surface area contributed by atoms with E-state index in [1.807, 2.05) is 0 Å². The average molecular weight is 552 g/mol. The second-order valence-corrected chi connectivity index (χ2v) is 8.69. The summed E-state index contributed by atoms with van der Waals surface area (Å²) in [6, 6.07) is 16.9. The minimum Gasteiger partial charge on any atom is -0.507 e. The van der Waals surface area contributed by atoms with Gasteiger partial charge in [-0.1, -0.05) is 12.1 Å². The topological polar surface area (TPSA) is 102 Å². The lowest BCUT2D eigenvalue weighted by Crippen LogP contribution is -2.29. The molecule has 1 aliphatic heterocycles. The number of amides is 1. The Kier molecular flexibility index (Phi) is 7.12. The number of anilines is 1. The zero-order valence-electron chi connectivity index (χ0n) is 19.7. The Hall–Kier alpha value is -4.11. The second-order valence-electron chi connectivity index (χ2n) is 7.83. The quantitative estimate of drug-likeness (QED) is 0.201. The van der Waals surface area contributed by atoms with Crippen LogP contribution in [0.1, 0.15) is 27.5 Å². The summed E-state index contributed by atoms with van der Waals surface area (Å²) in [4.78, 5) is 39.8. The average Bonchev–Trinajstić information content (AvgIpc) is 3.17. The fraction of sp³-hybridized carbons (Fsp3) is 0.148. The molecule has 4 rings (SSSR count). The predicted molar refractivity (Wildman–Crippen MR) is 136 cm³/mol. The number of aliphatic hydroxyl groups is 1. The lowest BCUT2D eigenvalue weighted by Gasteiger charge is -2.26. The van der Waals surface area contributed by atoms with Gasteiger partial charge in [0.25, 0.3) is 11.7 Å². The zero-order valence-corrected chi connectivity index (χ0v) is 21.2. The van der Waals surface area contributed by atoms with Crippen molar-refractivity contribution in [2.24, 2.45) is 0 Å². The van der Waals surface area contributed by atoms with Crippen molar-refractivity contribution in [1.82, 2.24) is 0 Å². The summed E-state index contributed by atoms with van der Waals surface area (Å²) in [5.74, 6) is -1.46. The number of hydrogen-bond donors (Lipinski definition) is 1. The van der Waals surface area contributed by atoms with E-state index in [4.69, 9.17) is 14.2 Å². The Bertz CT molecular complexity index is 1380. The number of hydrogen-bond acceptors (Lipinski definition) is 7. The zero-order chi connectivity index (χ0) is 26.0. The Morgan fingerprint density at radius 2 is 1.61 bits per heavy atom. The van der Waals surface area contributed by atoms with Crippen molar-refractivity contribution < 1.29 is 33.7 Å². The van der Waals surface area contributed by atoms with Gasteiger partial charge in [0.2, 0.25) is 0 Å². The van der Waals surface area contributed by atoms with Gasteiger partial charge in [-0.05, 0) is 76.1 Å². The number of methoxy groups -OCH3 is 3. The van der Waals surface area contributed by atoms with Gasteiger partial charge in [0.05, 0.1) is 43.0 Å². The van der Waals surface area contributed by atoms with Crippen LogP contribution in [0.2, 0.25) is 0 Å². The van der Waals surface area contributed by atoms with E-state index in [9.17, 15) is 19.5 Å². The number of carbonyl (C=O) groups excluding carboxylic acids is 3. The molecule has 0 aliphatic carbocycles. The molecule has 0 spiro atoms. The monoisotopic (exact) mass is 551 g/mol. The number of carbonyl (C=O) groups is 3. The van der Waals surface area contributed by atoms with Crippen LogP contribution >= 0.6 is 15.9 Å². The van der Waals surface area contributed by atoms with Crippen LogP contribution in [-0.4, -0.2) is 44.1 Å². The Balaban J connectivity index is 1.91. The molecule has 184 valence electrons. The maximum atomic E-state index is 13.3. The van der Waals surface area contributed by atoms with E-state index in [0.717, 1.165) is 0 Å². The maximum Gasteiger partial charge on any atom is 0.337 e. The van der Waals surface area contributed by atoms with E-state index in [1.54, 1.807) is 54.6 Å². The van der Waals surface area contributed by atoms with Crippen molar-refractivity contribution in [3.8, 4) is 11.5 Å². The summed E-state index contributed by atoms with van der Waals surface area (Å²) < 4.78 is 15.9. The van der Waals surface area contributed by atoms with Crippen LogP contribution in [-0.2, 0) is 14.3 Å². The number of nitrogens with zero attached hydrogens (tertiary/aromatic N) is 1. The summed E-state index contributed by atoms with van der Waals surface area (Å²) in [5.41, 5.74) is 1.46. The number of benzene rings is 3. The third kappa shape index (κ3) is 4.45. The summed E-state index contributed by atoms with van der Waals surface area (Å²) in [6.07, 6.45) is 0. The van der Waals surface area contributed by atoms with Gasteiger partial charge >= 0.3 is 5.97 Å². The molecule has 1 fully saturated rings. The first-order valence-corrected chi connectivity index (χ1v) is 11.6. The molecule has 3 aromatic carbocycles. The number of rotatable bonds is 6. The van der Waals surface area contributed by atoms with Crippen molar-refractivity contribution in [3.63, 3.8) is 0 Å². The molecule has 1 aliphatic rings. The number of ketones is 1. The van der Waals surface area contributed by atoms with E-state index >= 15 is 0 Å². The van der Waals surface area contributed by atoms with Gasteiger partial charge in [0.1, 0.15) is 17.3 Å². The van der Waals surface area contributed by atoms with Crippen molar-refractivity contribution in [2.45, 2.75) is 6.04 Å². The molecule has 1 N–H and O–H groups in total. The molecule has 3 aromatic rings. The van der Waals surface area contributed by atoms with Crippen LogP contribution in [0, 0.1) is 0 Å². The highest BCUT2D eigenvalue weighted by Gasteiger charge is 2.47. The summed E-state index contributed by atoms with van der Waals surface area (Å²) >= 11 is 3.39. The lowest BCUT2D eigenvalue weighted by molar-refractivity contribution is -0.132. The summed E-state index contributed by atoms with van der Waals surface area (Å²) in [5, 5.41) is 11.3. The minimum atomic E-state index is -0.954. The van der Waals surface area contributed by atoms with Crippen LogP contribution < -0.4 is 14.4 Å². The van der Waals surface area contributed by atoms with Crippen LogP contribution in [0.5, 0.6) is 11.5 Å². The SMILES string of the molecule is COC(=O)c1ccc(N2C(=O)C(=O)/C(=C(\O)c3ccc(OC)c(Br)c3)C2c2cccc(OC)c2)cc1. The highest BCUT2D eigenvalue weighted by molar-refractivity contribution is 9.10. The molecule has 1 saturated heterocycles. The Labute approximate surface area is 215 Å². The molecule has 0 aromatic heterocycles. The molecule has 36 heavy (non-hydrogen) atoms. The maximum absolute atomic E-state index is 13.3. The van der Waals surface area contributed by atoms with Gasteiger partial charge in [0, 0.05) is 11.3 Å². The number of halogens is 1. The van der Waals surface area contributed by atoms with Gasteiger partial charge in [-0.25, -0.2) is 4.79 Å². The van der Waals surface area contributed by atoms with E-state index in [1.165, 1.54) is 38.4 Å².